The van der Waals surface area contributed by atoms with Crippen LogP contribution in [-0.4, -0.2) is 0 Å². The Balaban J connectivity index is 0.00000420. The molecule has 0 aromatic heterocycles. The summed E-state index contributed by atoms with van der Waals surface area (Å²) in [6.07, 6.45) is 20.1. The Morgan fingerprint density at radius 1 is 0.763 bits per heavy atom. The van der Waals surface area contributed by atoms with Gasteiger partial charge in [0.25, 0.3) is 0 Å². The van der Waals surface area contributed by atoms with Gasteiger partial charge in [0.15, 0.2) is 23.2 Å². The van der Waals surface area contributed by atoms with Crippen LogP contribution in [0.3, 0.4) is 0 Å². The second-order valence-electron chi connectivity index (χ2n) is 10.1. The van der Waals surface area contributed by atoms with Crippen LogP contribution < -0.4 is 4.74 Å². The van der Waals surface area contributed by atoms with Gasteiger partial charge in [-0.25, -0.2) is 13.2 Å². The lowest BCUT2D eigenvalue weighted by Gasteiger charge is -2.37. The summed E-state index contributed by atoms with van der Waals surface area (Å²) in [7, 11) is 0. The maximum atomic E-state index is 15.2. The molecule has 0 bridgehead atoms. The van der Waals surface area contributed by atoms with Gasteiger partial charge in [0.2, 0.25) is 5.82 Å². The normalized spacial score (nSPS) is 23.1. The van der Waals surface area contributed by atoms with Crippen LogP contribution in [0.5, 0.6) is 5.75 Å². The fourth-order valence-corrected chi connectivity index (χ4v) is 6.06. The number of halogens is 4. The van der Waals surface area contributed by atoms with Crippen LogP contribution in [-0.2, 0) is 0 Å². The fourth-order valence-electron chi connectivity index (χ4n) is 6.06. The molecule has 1 nitrogen and oxygen atoms in total. The predicted molar refractivity (Wildman–Crippen MR) is 150 cm³/mol. The van der Waals surface area contributed by atoms with Crippen LogP contribution in [0.15, 0.2) is 36.4 Å². The highest BCUT2D eigenvalue weighted by molar-refractivity contribution is 5.67. The smallest absolute Gasteiger partial charge is 0.203 e. The molecule has 0 N–H and O–H groups in total. The number of hydrogen-bond donors (Lipinski definition) is 0. The van der Waals surface area contributed by atoms with Crippen LogP contribution in [0.25, 0.3) is 11.1 Å². The van der Waals surface area contributed by atoms with Gasteiger partial charge >= 0.3 is 0 Å². The molecule has 0 spiro atoms. The number of hydrogen-bond acceptors (Lipinski definition) is 1. The van der Waals surface area contributed by atoms with Crippen LogP contribution in [0, 0.1) is 77.2 Å². The first-order valence-electron chi connectivity index (χ1n) is 13.2. The first kappa shape index (κ1) is 27.4. The van der Waals surface area contributed by atoms with Crippen molar-refractivity contribution < 1.29 is 28.0 Å². The molecule has 0 aliphatic heterocycles. The minimum atomic E-state index is -1.36. The SMILES string of the molecule is C#CC#CC#COc1ccc(-c2ccc(C3CCC(C4CCC(/C=C/C)CC4)CC3)c(F)c2F)c(F)c1F.[HH].[HH].[HH].[HH]. The van der Waals surface area contributed by atoms with Crippen LogP contribution in [0.4, 0.5) is 17.6 Å². The van der Waals surface area contributed by atoms with E-state index in [0.29, 0.717) is 23.3 Å². The minimum Gasteiger partial charge on any atom is -0.403 e. The molecule has 0 radical (unpaired) electrons. The van der Waals surface area contributed by atoms with Gasteiger partial charge in [-0.3, -0.25) is 0 Å². The molecule has 204 valence electrons. The Hall–Kier alpha value is -3.62. The largest absolute Gasteiger partial charge is 0.403 e. The second-order valence-corrected chi connectivity index (χ2v) is 10.1. The summed E-state index contributed by atoms with van der Waals surface area (Å²) >= 11 is 0. The minimum absolute atomic E-state index is 0. The molecule has 2 aliphatic carbocycles. The predicted octanol–water partition coefficient (Wildman–Crippen LogP) is 9.53. The van der Waals surface area contributed by atoms with Crippen molar-refractivity contribution in [2.45, 2.75) is 64.2 Å². The van der Waals surface area contributed by atoms with Crippen LogP contribution >= 0.6 is 0 Å². The second kappa shape index (κ2) is 12.8. The summed E-state index contributed by atoms with van der Waals surface area (Å²) in [5.74, 6) is 5.37. The van der Waals surface area contributed by atoms with Crippen LogP contribution in [0.1, 0.15) is 75.5 Å². The molecule has 0 saturated heterocycles. The summed E-state index contributed by atoms with van der Waals surface area (Å²) in [6, 6.07) is 5.08. The first-order valence-corrected chi connectivity index (χ1v) is 13.2. The zero-order valence-corrected chi connectivity index (χ0v) is 21.4. The molecule has 38 heavy (non-hydrogen) atoms. The highest BCUT2D eigenvalue weighted by Crippen LogP contribution is 2.45. The van der Waals surface area contributed by atoms with Crippen molar-refractivity contribution in [3.8, 4) is 53.1 Å². The first-order chi connectivity index (χ1) is 18.4. The van der Waals surface area contributed by atoms with E-state index >= 15 is 8.78 Å². The van der Waals surface area contributed by atoms with E-state index in [4.69, 9.17) is 11.2 Å². The third-order valence-electron chi connectivity index (χ3n) is 8.02. The molecular formula is C33H38F4O. The average Bonchev–Trinajstić information content (AvgIpc) is 2.93. The zero-order chi connectivity index (χ0) is 27.1. The number of ether oxygens (including phenoxy) is 1. The molecule has 2 saturated carbocycles. The monoisotopic (exact) mass is 526 g/mol. The molecule has 5 heteroatoms. The highest BCUT2D eigenvalue weighted by atomic mass is 19.2. The number of terminal acetylenes is 1. The van der Waals surface area contributed by atoms with E-state index in [0.717, 1.165) is 37.8 Å². The molecule has 0 atom stereocenters. The number of rotatable bonds is 5. The van der Waals surface area contributed by atoms with E-state index in [1.807, 2.05) is 5.92 Å². The summed E-state index contributed by atoms with van der Waals surface area (Å²) in [4.78, 5) is 0. The number of allylic oxidation sites excluding steroid dienone is 2. The lowest BCUT2D eigenvalue weighted by molar-refractivity contribution is 0.170. The van der Waals surface area contributed by atoms with Gasteiger partial charge in [-0.1, -0.05) is 24.3 Å². The molecule has 2 fully saturated rings. The van der Waals surface area contributed by atoms with Gasteiger partial charge in [-0.15, -0.1) is 6.42 Å². The van der Waals surface area contributed by atoms with Gasteiger partial charge in [0.05, 0.1) is 0 Å². The average molecular weight is 527 g/mol. The van der Waals surface area contributed by atoms with Crippen molar-refractivity contribution in [1.82, 2.24) is 0 Å². The summed E-state index contributed by atoms with van der Waals surface area (Å²) in [5, 5.41) is 0. The standard InChI is InChI=1S/C33H30F4O.4H2/c1-3-5-6-7-21-38-29-20-19-28(32(36)33(29)37)27-18-17-26(30(34)31(27)35)25-15-13-24(14-16-25)23-11-9-22(8-4-2)10-12-23;;;;/h1,4,8,17-20,22-25H,9-16H2,2H3;4*1H/b8-4+;;;;. The van der Waals surface area contributed by atoms with Gasteiger partial charge in [-0.05, 0) is 111 Å². The van der Waals surface area contributed by atoms with E-state index < -0.39 is 34.6 Å². The van der Waals surface area contributed by atoms with Crippen molar-refractivity contribution in [3.63, 3.8) is 0 Å². The Bertz CT molecular complexity index is 1360. The molecule has 4 rings (SSSR count). The van der Waals surface area contributed by atoms with E-state index in [9.17, 15) is 8.78 Å². The lowest BCUT2D eigenvalue weighted by atomic mass is 9.68. The van der Waals surface area contributed by atoms with Gasteiger partial charge in [0.1, 0.15) is 6.11 Å². The number of benzene rings is 2. The summed E-state index contributed by atoms with van der Waals surface area (Å²) in [5.41, 5.74) is -0.424. The maximum absolute atomic E-state index is 15.2. The van der Waals surface area contributed by atoms with Crippen molar-refractivity contribution in [1.29, 1.82) is 0 Å². The summed E-state index contributed by atoms with van der Waals surface area (Å²) in [6.45, 7) is 2.07. The van der Waals surface area contributed by atoms with Crippen molar-refractivity contribution >= 4 is 0 Å². The van der Waals surface area contributed by atoms with Crippen molar-refractivity contribution in [2.24, 2.45) is 17.8 Å². The fraction of sp³-hybridized carbons (Fsp3) is 0.394. The van der Waals surface area contributed by atoms with Gasteiger partial charge in [0, 0.05) is 28.7 Å². The highest BCUT2D eigenvalue weighted by Gasteiger charge is 2.32. The van der Waals surface area contributed by atoms with Gasteiger partial charge < -0.3 is 4.74 Å². The third kappa shape index (κ3) is 6.09. The molecule has 0 unspecified atom stereocenters. The van der Waals surface area contributed by atoms with Gasteiger partial charge in [-0.2, -0.15) is 4.39 Å². The Morgan fingerprint density at radius 2 is 1.37 bits per heavy atom. The zero-order valence-electron chi connectivity index (χ0n) is 21.4. The topological polar surface area (TPSA) is 9.23 Å². The Kier molecular flexibility index (Phi) is 9.20. The molecular weight excluding hydrogens is 488 g/mol. The van der Waals surface area contributed by atoms with E-state index in [1.165, 1.54) is 37.8 Å². The van der Waals surface area contributed by atoms with E-state index in [2.05, 4.69) is 42.9 Å². The summed E-state index contributed by atoms with van der Waals surface area (Å²) < 4.78 is 64.5. The van der Waals surface area contributed by atoms with Crippen molar-refractivity contribution in [3.05, 3.63) is 65.2 Å². The lowest BCUT2D eigenvalue weighted by Crippen LogP contribution is -2.25. The molecule has 2 aromatic carbocycles. The molecule has 0 heterocycles. The third-order valence-corrected chi connectivity index (χ3v) is 8.02. The van der Waals surface area contributed by atoms with Crippen molar-refractivity contribution in [2.75, 3.05) is 0 Å². The molecule has 0 amide bonds. The molecule has 2 aromatic rings. The van der Waals surface area contributed by atoms with E-state index in [1.54, 1.807) is 0 Å². The molecule has 2 aliphatic rings. The Morgan fingerprint density at radius 3 is 2.00 bits per heavy atom. The quantitative estimate of drug-likeness (QED) is 0.214. The Labute approximate surface area is 228 Å². The van der Waals surface area contributed by atoms with E-state index in [-0.39, 0.29) is 17.2 Å². The maximum Gasteiger partial charge on any atom is 0.203 e. The van der Waals surface area contributed by atoms with Crippen LogP contribution in [0.2, 0.25) is 0 Å².